The summed E-state index contributed by atoms with van der Waals surface area (Å²) in [6.07, 6.45) is -4.58. The third-order valence-electron chi connectivity index (χ3n) is 5.73. The predicted molar refractivity (Wildman–Crippen MR) is 125 cm³/mol. The maximum atomic E-state index is 13.3. The Morgan fingerprint density at radius 2 is 1.49 bits per heavy atom. The highest BCUT2D eigenvalue weighted by atomic mass is 19.4. The first kappa shape index (κ1) is 26.2. The number of urea groups is 1. The summed E-state index contributed by atoms with van der Waals surface area (Å²) in [6.45, 7) is 3.85. The molecule has 0 radical (unpaired) electrons. The molecule has 35 heavy (non-hydrogen) atoms. The first-order chi connectivity index (χ1) is 16.7. The van der Waals surface area contributed by atoms with Crippen LogP contribution in [-0.4, -0.2) is 69.9 Å². The van der Waals surface area contributed by atoms with Crippen LogP contribution in [0, 0.1) is 0 Å². The Hall–Kier alpha value is -3.37. The zero-order valence-electron chi connectivity index (χ0n) is 19.2. The van der Waals surface area contributed by atoms with E-state index in [0.717, 1.165) is 11.1 Å². The number of rotatable bonds is 10. The number of halogens is 3. The fraction of sp³-hybridized carbons (Fsp3) is 0.360. The van der Waals surface area contributed by atoms with Gasteiger partial charge in [-0.3, -0.25) is 9.69 Å². The van der Waals surface area contributed by atoms with Gasteiger partial charge in [-0.2, -0.15) is 13.2 Å². The van der Waals surface area contributed by atoms with Crippen LogP contribution in [0.25, 0.3) is 0 Å². The quantitative estimate of drug-likeness (QED) is 0.501. The molecule has 0 saturated carbocycles. The van der Waals surface area contributed by atoms with Crippen molar-refractivity contribution in [2.75, 3.05) is 19.9 Å². The highest BCUT2D eigenvalue weighted by Gasteiger charge is 2.41. The van der Waals surface area contributed by atoms with Crippen LogP contribution in [0.2, 0.25) is 0 Å². The molecule has 2 aromatic carbocycles. The number of nitrogens with zero attached hydrogens (tertiary/aromatic N) is 3. The van der Waals surface area contributed by atoms with Gasteiger partial charge in [-0.1, -0.05) is 66.7 Å². The summed E-state index contributed by atoms with van der Waals surface area (Å²) in [5.74, 6) is -2.08. The fourth-order valence-corrected chi connectivity index (χ4v) is 3.99. The van der Waals surface area contributed by atoms with E-state index in [1.54, 1.807) is 14.7 Å². The number of aliphatic hydroxyl groups is 1. The number of aliphatic hydroxyl groups excluding tert-OH is 1. The lowest BCUT2D eigenvalue weighted by atomic mass is 10.1. The van der Waals surface area contributed by atoms with E-state index in [1.165, 1.54) is 6.08 Å². The van der Waals surface area contributed by atoms with Crippen LogP contribution >= 0.6 is 0 Å². The molecule has 0 aromatic heterocycles. The van der Waals surface area contributed by atoms with Gasteiger partial charge in [-0.15, -0.1) is 6.58 Å². The fourth-order valence-electron chi connectivity index (χ4n) is 3.99. The van der Waals surface area contributed by atoms with Crippen molar-refractivity contribution in [3.05, 3.63) is 84.4 Å². The molecule has 0 bridgehead atoms. The molecule has 3 amide bonds. The lowest BCUT2D eigenvalue weighted by Gasteiger charge is -2.46. The largest absolute Gasteiger partial charge is 0.471 e. The topological polar surface area (TPSA) is 76.1 Å². The molecule has 0 aliphatic carbocycles. The van der Waals surface area contributed by atoms with Crippen molar-refractivity contribution in [1.82, 2.24) is 20.0 Å². The normalized spacial score (nSPS) is 16.6. The van der Waals surface area contributed by atoms with Crippen molar-refractivity contribution >= 4 is 11.9 Å². The van der Waals surface area contributed by atoms with Crippen LogP contribution in [0.15, 0.2) is 73.3 Å². The second-order valence-electron chi connectivity index (χ2n) is 8.39. The molecule has 1 aliphatic heterocycles. The van der Waals surface area contributed by atoms with E-state index < -0.39 is 30.8 Å². The number of amides is 3. The zero-order chi connectivity index (χ0) is 25.4. The molecule has 0 unspecified atom stereocenters. The molecule has 0 spiro atoms. The first-order valence-electron chi connectivity index (χ1n) is 11.2. The van der Waals surface area contributed by atoms with Gasteiger partial charge in [0.1, 0.15) is 0 Å². The van der Waals surface area contributed by atoms with Crippen molar-refractivity contribution in [1.29, 1.82) is 0 Å². The molecule has 188 valence electrons. The number of carbonyl (C=O) groups excluding carboxylic acids is 2. The number of alkyl halides is 3. The predicted octanol–water partition coefficient (Wildman–Crippen LogP) is 3.33. The van der Waals surface area contributed by atoms with Crippen molar-refractivity contribution in [3.8, 4) is 0 Å². The Morgan fingerprint density at radius 1 is 1.00 bits per heavy atom. The van der Waals surface area contributed by atoms with Crippen molar-refractivity contribution in [2.24, 2.45) is 0 Å². The molecule has 3 rings (SSSR count). The molecule has 1 fully saturated rings. The SMILES string of the molecule is C=CC[C@@H](O)[C@H](CNC(=O)C(F)(F)F)N1CN(Cc2ccccc2)C(=O)N(Cc2ccccc2)C1. The average molecular weight is 491 g/mol. The van der Waals surface area contributed by atoms with E-state index in [9.17, 15) is 27.9 Å². The van der Waals surface area contributed by atoms with Gasteiger partial charge >= 0.3 is 18.1 Å². The second kappa shape index (κ2) is 11.9. The standard InChI is InChI=1S/C25H29F3N4O3/c1-2-9-22(33)21(14-29-23(34)25(26,27)28)32-17-30(15-19-10-5-3-6-11-19)24(35)31(18-32)16-20-12-7-4-8-13-20/h2-8,10-13,21-22,33H,1,9,14-18H2,(H,29,34)/t21-,22+/m0/s1. The Balaban J connectivity index is 1.86. The first-order valence-corrected chi connectivity index (χ1v) is 11.2. The molecule has 2 N–H and O–H groups in total. The van der Waals surface area contributed by atoms with Crippen LogP contribution in [0.3, 0.4) is 0 Å². The zero-order valence-corrected chi connectivity index (χ0v) is 19.2. The van der Waals surface area contributed by atoms with Crippen molar-refractivity contribution in [2.45, 2.75) is 37.8 Å². The van der Waals surface area contributed by atoms with E-state index >= 15 is 0 Å². The Bertz CT molecular complexity index is 935. The molecule has 2 atom stereocenters. The third-order valence-corrected chi connectivity index (χ3v) is 5.73. The third kappa shape index (κ3) is 7.30. The minimum Gasteiger partial charge on any atom is -0.391 e. The van der Waals surface area contributed by atoms with Crippen molar-refractivity contribution in [3.63, 3.8) is 0 Å². The number of benzene rings is 2. The average Bonchev–Trinajstić information content (AvgIpc) is 2.82. The van der Waals surface area contributed by atoms with Crippen LogP contribution in [0.1, 0.15) is 17.5 Å². The number of hydrogen-bond acceptors (Lipinski definition) is 4. The van der Waals surface area contributed by atoms with E-state index in [0.29, 0.717) is 0 Å². The molecule has 7 nitrogen and oxygen atoms in total. The number of hydrogen-bond donors (Lipinski definition) is 2. The maximum absolute atomic E-state index is 13.3. The summed E-state index contributed by atoms with van der Waals surface area (Å²) in [5.41, 5.74) is 1.77. The van der Waals surface area contributed by atoms with Gasteiger partial charge in [0.25, 0.3) is 0 Å². The summed E-state index contributed by atoms with van der Waals surface area (Å²) in [4.78, 5) is 29.6. The van der Waals surface area contributed by atoms with Gasteiger partial charge in [0, 0.05) is 19.6 Å². The van der Waals surface area contributed by atoms with Crippen LogP contribution in [-0.2, 0) is 17.9 Å². The van der Waals surface area contributed by atoms with E-state index in [-0.39, 0.29) is 38.9 Å². The van der Waals surface area contributed by atoms with Crippen molar-refractivity contribution < 1.29 is 27.9 Å². The maximum Gasteiger partial charge on any atom is 0.471 e. The summed E-state index contributed by atoms with van der Waals surface area (Å²) >= 11 is 0. The summed E-state index contributed by atoms with van der Waals surface area (Å²) in [6, 6.07) is 17.5. The molecular formula is C25H29F3N4O3. The van der Waals surface area contributed by atoms with Gasteiger partial charge in [0.05, 0.1) is 25.5 Å². The minimum absolute atomic E-state index is 0.0692. The summed E-state index contributed by atoms with van der Waals surface area (Å²) in [5, 5.41) is 12.6. The molecular weight excluding hydrogens is 461 g/mol. The van der Waals surface area contributed by atoms with Crippen LogP contribution in [0.4, 0.5) is 18.0 Å². The van der Waals surface area contributed by atoms with E-state index in [1.807, 2.05) is 66.0 Å². The highest BCUT2D eigenvalue weighted by Crippen LogP contribution is 2.21. The van der Waals surface area contributed by atoms with Crippen LogP contribution in [0.5, 0.6) is 0 Å². The number of nitrogens with one attached hydrogen (secondary N) is 1. The molecule has 1 heterocycles. The highest BCUT2D eigenvalue weighted by molar-refractivity contribution is 5.81. The lowest BCUT2D eigenvalue weighted by Crippen LogP contribution is -2.63. The molecule has 1 aliphatic rings. The molecule has 10 heteroatoms. The van der Waals surface area contributed by atoms with Crippen LogP contribution < -0.4 is 5.32 Å². The lowest BCUT2D eigenvalue weighted by molar-refractivity contribution is -0.174. The van der Waals surface area contributed by atoms with E-state index in [2.05, 4.69) is 6.58 Å². The van der Waals surface area contributed by atoms with Gasteiger partial charge in [0.2, 0.25) is 0 Å². The molecule has 2 aromatic rings. The Morgan fingerprint density at radius 3 is 1.91 bits per heavy atom. The Kier molecular flexibility index (Phi) is 8.89. The van der Waals surface area contributed by atoms with Gasteiger partial charge in [-0.05, 0) is 17.5 Å². The van der Waals surface area contributed by atoms with E-state index in [4.69, 9.17) is 0 Å². The smallest absolute Gasteiger partial charge is 0.391 e. The van der Waals surface area contributed by atoms with Gasteiger partial charge in [-0.25, -0.2) is 4.79 Å². The minimum atomic E-state index is -5.04. The van der Waals surface area contributed by atoms with Gasteiger partial charge in [0.15, 0.2) is 0 Å². The molecule has 1 saturated heterocycles. The monoisotopic (exact) mass is 490 g/mol. The Labute approximate surface area is 202 Å². The summed E-state index contributed by atoms with van der Waals surface area (Å²) in [7, 11) is 0. The van der Waals surface area contributed by atoms with Gasteiger partial charge < -0.3 is 20.2 Å². The second-order valence-corrected chi connectivity index (χ2v) is 8.39. The summed E-state index contributed by atoms with van der Waals surface area (Å²) < 4.78 is 38.4. The number of carbonyl (C=O) groups is 2.